The fourth-order valence-electron chi connectivity index (χ4n) is 0.418. The Hall–Kier alpha value is -1.04. The summed E-state index contributed by atoms with van der Waals surface area (Å²) < 4.78 is 0. The van der Waals surface area contributed by atoms with Crippen LogP contribution >= 0.6 is 0 Å². The van der Waals surface area contributed by atoms with E-state index in [-0.39, 0.29) is 0 Å². The van der Waals surface area contributed by atoms with E-state index in [1.807, 2.05) is 6.92 Å². The zero-order valence-corrected chi connectivity index (χ0v) is 5.48. The molecule has 0 heterocycles. The Morgan fingerprint density at radius 2 is 2.44 bits per heavy atom. The highest BCUT2D eigenvalue weighted by molar-refractivity contribution is 5.91. The van der Waals surface area contributed by atoms with Gasteiger partial charge in [-0.3, -0.25) is 4.79 Å². The first-order chi connectivity index (χ1) is 4.31. The van der Waals surface area contributed by atoms with Gasteiger partial charge in [-0.2, -0.15) is 5.26 Å². The van der Waals surface area contributed by atoms with E-state index < -0.39 is 5.91 Å². The average molecular weight is 126 g/mol. The van der Waals surface area contributed by atoms with Crippen LogP contribution in [0.1, 0.15) is 19.8 Å². The molecule has 9 heavy (non-hydrogen) atoms. The van der Waals surface area contributed by atoms with Gasteiger partial charge in [0.25, 0.3) is 0 Å². The number of nitrogens with one attached hydrogen (secondary N) is 1. The highest BCUT2D eigenvalue weighted by Gasteiger charge is 1.92. The molecule has 0 spiro atoms. The van der Waals surface area contributed by atoms with E-state index in [0.717, 1.165) is 12.8 Å². The van der Waals surface area contributed by atoms with Crippen LogP contribution in [0.3, 0.4) is 0 Å². The molecule has 0 aromatic heterocycles. The molecular formula is C6H10N2O. The van der Waals surface area contributed by atoms with Gasteiger partial charge in [0.2, 0.25) is 0 Å². The Bertz CT molecular complexity index is 126. The van der Waals surface area contributed by atoms with Gasteiger partial charge in [0, 0.05) is 6.54 Å². The number of carbonyl (C=O) groups is 1. The van der Waals surface area contributed by atoms with Gasteiger partial charge in [0.05, 0.1) is 0 Å². The lowest BCUT2D eigenvalue weighted by Gasteiger charge is -1.94. The number of nitriles is 1. The topological polar surface area (TPSA) is 52.9 Å². The summed E-state index contributed by atoms with van der Waals surface area (Å²) in [6, 6.07) is 1.47. The minimum atomic E-state index is -0.538. The summed E-state index contributed by atoms with van der Waals surface area (Å²) in [5.41, 5.74) is 0. The van der Waals surface area contributed by atoms with Crippen molar-refractivity contribution in [3.63, 3.8) is 0 Å². The lowest BCUT2D eigenvalue weighted by atomic mass is 10.3. The number of rotatable bonds is 3. The molecule has 0 aromatic carbocycles. The van der Waals surface area contributed by atoms with Gasteiger partial charge in [-0.25, -0.2) is 0 Å². The fraction of sp³-hybridized carbons (Fsp3) is 0.667. The lowest BCUT2D eigenvalue weighted by molar-refractivity contribution is -0.115. The second-order valence-electron chi connectivity index (χ2n) is 1.72. The van der Waals surface area contributed by atoms with E-state index in [0.29, 0.717) is 6.54 Å². The molecule has 0 atom stereocenters. The summed E-state index contributed by atoms with van der Waals surface area (Å²) in [7, 11) is 0. The van der Waals surface area contributed by atoms with Crippen molar-refractivity contribution >= 4 is 5.91 Å². The molecule has 0 unspecified atom stereocenters. The van der Waals surface area contributed by atoms with Gasteiger partial charge in [0.15, 0.2) is 6.07 Å². The van der Waals surface area contributed by atoms with Crippen LogP contribution in [0.15, 0.2) is 0 Å². The Balaban J connectivity index is 3.10. The summed E-state index contributed by atoms with van der Waals surface area (Å²) in [6.45, 7) is 2.64. The molecule has 0 aliphatic rings. The zero-order chi connectivity index (χ0) is 7.11. The monoisotopic (exact) mass is 126 g/mol. The maximum Gasteiger partial charge on any atom is 0.322 e. The van der Waals surface area contributed by atoms with E-state index >= 15 is 0 Å². The third-order valence-electron chi connectivity index (χ3n) is 0.917. The van der Waals surface area contributed by atoms with Gasteiger partial charge in [-0.05, 0) is 6.42 Å². The molecule has 0 fully saturated rings. The number of unbranched alkanes of at least 4 members (excludes halogenated alkanes) is 1. The van der Waals surface area contributed by atoms with Crippen molar-refractivity contribution in [2.45, 2.75) is 19.8 Å². The number of hydrogen-bond acceptors (Lipinski definition) is 2. The van der Waals surface area contributed by atoms with Gasteiger partial charge in [-0.1, -0.05) is 13.3 Å². The molecule has 0 aromatic rings. The molecule has 3 nitrogen and oxygen atoms in total. The molecular weight excluding hydrogens is 116 g/mol. The smallest absolute Gasteiger partial charge is 0.322 e. The largest absolute Gasteiger partial charge is 0.344 e. The van der Waals surface area contributed by atoms with Crippen LogP contribution in [0.2, 0.25) is 0 Å². The predicted octanol–water partition coefficient (Wildman–Crippen LogP) is 0.426. The Morgan fingerprint density at radius 1 is 1.78 bits per heavy atom. The van der Waals surface area contributed by atoms with E-state index in [1.165, 1.54) is 6.07 Å². The van der Waals surface area contributed by atoms with Crippen molar-refractivity contribution in [3.8, 4) is 6.07 Å². The molecule has 0 aliphatic heterocycles. The molecule has 50 valence electrons. The van der Waals surface area contributed by atoms with Crippen LogP contribution in [-0.4, -0.2) is 12.5 Å². The summed E-state index contributed by atoms with van der Waals surface area (Å²) in [4.78, 5) is 10.2. The molecule has 1 N–H and O–H groups in total. The quantitative estimate of drug-likeness (QED) is 0.440. The second kappa shape index (κ2) is 5.10. The van der Waals surface area contributed by atoms with Crippen LogP contribution in [0, 0.1) is 11.3 Å². The molecule has 0 rings (SSSR count). The van der Waals surface area contributed by atoms with Crippen molar-refractivity contribution < 1.29 is 4.79 Å². The van der Waals surface area contributed by atoms with E-state index in [2.05, 4.69) is 5.32 Å². The summed E-state index contributed by atoms with van der Waals surface area (Å²) in [5, 5.41) is 10.4. The number of hydrogen-bond donors (Lipinski definition) is 1. The average Bonchev–Trinajstić information content (AvgIpc) is 1.89. The second-order valence-corrected chi connectivity index (χ2v) is 1.72. The molecule has 0 saturated carbocycles. The number of carbonyl (C=O) groups excluding carboxylic acids is 1. The van der Waals surface area contributed by atoms with Crippen molar-refractivity contribution in [2.24, 2.45) is 0 Å². The highest BCUT2D eigenvalue weighted by Crippen LogP contribution is 1.81. The minimum Gasteiger partial charge on any atom is -0.344 e. The first-order valence-electron chi connectivity index (χ1n) is 2.99. The minimum absolute atomic E-state index is 0.538. The van der Waals surface area contributed by atoms with Crippen LogP contribution in [0.4, 0.5) is 0 Å². The first kappa shape index (κ1) is 7.96. The number of nitrogens with zero attached hydrogens (tertiary/aromatic N) is 1. The standard InChI is InChI=1S/C6H10N2O/c1-2-3-4-8-6(9)5-7/h2-4H2,1H3,(H,8,9). The molecule has 0 saturated heterocycles. The van der Waals surface area contributed by atoms with Gasteiger partial charge >= 0.3 is 5.91 Å². The molecule has 0 bridgehead atoms. The third-order valence-corrected chi connectivity index (χ3v) is 0.917. The molecule has 3 heteroatoms. The van der Waals surface area contributed by atoms with E-state index in [9.17, 15) is 4.79 Å². The zero-order valence-electron chi connectivity index (χ0n) is 5.48. The molecule has 0 aliphatic carbocycles. The maximum absolute atomic E-state index is 10.2. The lowest BCUT2D eigenvalue weighted by Crippen LogP contribution is -2.21. The van der Waals surface area contributed by atoms with Crippen LogP contribution in [0.25, 0.3) is 0 Å². The van der Waals surface area contributed by atoms with E-state index in [1.54, 1.807) is 0 Å². The Morgan fingerprint density at radius 3 is 2.89 bits per heavy atom. The van der Waals surface area contributed by atoms with Crippen LogP contribution < -0.4 is 5.32 Å². The van der Waals surface area contributed by atoms with Crippen molar-refractivity contribution in [3.05, 3.63) is 0 Å². The molecule has 0 radical (unpaired) electrons. The van der Waals surface area contributed by atoms with Crippen LogP contribution in [-0.2, 0) is 4.79 Å². The van der Waals surface area contributed by atoms with E-state index in [4.69, 9.17) is 5.26 Å². The normalized spacial score (nSPS) is 8.00. The Kier molecular flexibility index (Phi) is 4.51. The summed E-state index contributed by atoms with van der Waals surface area (Å²) in [5.74, 6) is -0.538. The van der Waals surface area contributed by atoms with Crippen molar-refractivity contribution in [1.82, 2.24) is 5.32 Å². The third kappa shape index (κ3) is 4.82. The van der Waals surface area contributed by atoms with Crippen LogP contribution in [0.5, 0.6) is 0 Å². The fourth-order valence-corrected chi connectivity index (χ4v) is 0.418. The number of amides is 1. The van der Waals surface area contributed by atoms with Crippen molar-refractivity contribution in [2.75, 3.05) is 6.54 Å². The molecule has 1 amide bonds. The van der Waals surface area contributed by atoms with Gasteiger partial charge < -0.3 is 5.32 Å². The maximum atomic E-state index is 10.2. The Labute approximate surface area is 54.7 Å². The summed E-state index contributed by atoms with van der Waals surface area (Å²) in [6.07, 6.45) is 1.97. The summed E-state index contributed by atoms with van der Waals surface area (Å²) >= 11 is 0. The van der Waals surface area contributed by atoms with Gasteiger partial charge in [-0.15, -0.1) is 0 Å². The highest BCUT2D eigenvalue weighted by atomic mass is 16.1. The predicted molar refractivity (Wildman–Crippen MR) is 33.5 cm³/mol. The van der Waals surface area contributed by atoms with Crippen molar-refractivity contribution in [1.29, 1.82) is 5.26 Å². The van der Waals surface area contributed by atoms with Gasteiger partial charge in [0.1, 0.15) is 0 Å². The SMILES string of the molecule is CCCCNC(=O)C#N. The first-order valence-corrected chi connectivity index (χ1v) is 2.99.